The molecule has 0 spiro atoms. The molecule has 27 heavy (non-hydrogen) atoms. The van der Waals surface area contributed by atoms with Crippen LogP contribution in [0.5, 0.6) is 0 Å². The summed E-state index contributed by atoms with van der Waals surface area (Å²) >= 11 is 1.34. The fourth-order valence-corrected chi connectivity index (χ4v) is 4.47. The van der Waals surface area contributed by atoms with E-state index >= 15 is 0 Å². The van der Waals surface area contributed by atoms with Crippen molar-refractivity contribution in [2.75, 3.05) is 18.8 Å². The Labute approximate surface area is 163 Å². The predicted octanol–water partition coefficient (Wildman–Crippen LogP) is 3.87. The van der Waals surface area contributed by atoms with E-state index in [0.29, 0.717) is 40.7 Å². The van der Waals surface area contributed by atoms with Crippen LogP contribution < -0.4 is 0 Å². The molecule has 0 N–H and O–H groups in total. The molecule has 1 saturated heterocycles. The van der Waals surface area contributed by atoms with Crippen LogP contribution in [0.15, 0.2) is 42.1 Å². The SMILES string of the molecule is C=CCn1c(SCC(=O)N2CC(C)CC(C)C2)nnc1-c1ccccc1F. The topological polar surface area (TPSA) is 51.0 Å². The molecule has 1 aliphatic heterocycles. The number of likely N-dealkylation sites (tertiary alicyclic amines) is 1. The van der Waals surface area contributed by atoms with Crippen LogP contribution in [-0.4, -0.2) is 44.4 Å². The van der Waals surface area contributed by atoms with Crippen LogP contribution in [-0.2, 0) is 11.3 Å². The number of carbonyl (C=O) groups excluding carboxylic acids is 1. The minimum Gasteiger partial charge on any atom is -0.341 e. The molecule has 0 aliphatic carbocycles. The van der Waals surface area contributed by atoms with Gasteiger partial charge in [-0.15, -0.1) is 16.8 Å². The van der Waals surface area contributed by atoms with E-state index in [1.54, 1.807) is 28.8 Å². The van der Waals surface area contributed by atoms with Crippen molar-refractivity contribution in [3.8, 4) is 11.4 Å². The van der Waals surface area contributed by atoms with Crippen molar-refractivity contribution < 1.29 is 9.18 Å². The monoisotopic (exact) mass is 388 g/mol. The Morgan fingerprint density at radius 3 is 2.67 bits per heavy atom. The average Bonchev–Trinajstić information content (AvgIpc) is 3.02. The van der Waals surface area contributed by atoms with Crippen LogP contribution in [0.3, 0.4) is 0 Å². The second-order valence-electron chi connectivity index (χ2n) is 7.22. The summed E-state index contributed by atoms with van der Waals surface area (Å²) in [7, 11) is 0. The number of allylic oxidation sites excluding steroid dienone is 1. The highest BCUT2D eigenvalue weighted by molar-refractivity contribution is 7.99. The second-order valence-corrected chi connectivity index (χ2v) is 8.16. The van der Waals surface area contributed by atoms with Crippen LogP contribution in [0, 0.1) is 17.7 Å². The first-order valence-electron chi connectivity index (χ1n) is 9.19. The average molecular weight is 389 g/mol. The second kappa shape index (κ2) is 8.69. The molecule has 1 aliphatic rings. The molecule has 1 amide bonds. The molecule has 0 saturated carbocycles. The summed E-state index contributed by atoms with van der Waals surface area (Å²) in [5.74, 6) is 1.56. The van der Waals surface area contributed by atoms with Gasteiger partial charge in [0, 0.05) is 19.6 Å². The Kier molecular flexibility index (Phi) is 6.31. The lowest BCUT2D eigenvalue weighted by atomic mass is 9.92. The van der Waals surface area contributed by atoms with Crippen LogP contribution in [0.2, 0.25) is 0 Å². The van der Waals surface area contributed by atoms with Gasteiger partial charge in [-0.05, 0) is 30.4 Å². The lowest BCUT2D eigenvalue weighted by Gasteiger charge is -2.34. The van der Waals surface area contributed by atoms with Crippen molar-refractivity contribution in [1.29, 1.82) is 0 Å². The summed E-state index contributed by atoms with van der Waals surface area (Å²) in [4.78, 5) is 14.6. The molecule has 7 heteroatoms. The third-order valence-corrected chi connectivity index (χ3v) is 5.64. The highest BCUT2D eigenvalue weighted by Gasteiger charge is 2.26. The van der Waals surface area contributed by atoms with Gasteiger partial charge in [0.05, 0.1) is 11.3 Å². The van der Waals surface area contributed by atoms with Crippen molar-refractivity contribution in [2.45, 2.75) is 32.0 Å². The summed E-state index contributed by atoms with van der Waals surface area (Å²) in [6.07, 6.45) is 2.88. The summed E-state index contributed by atoms with van der Waals surface area (Å²) in [6, 6.07) is 6.48. The number of hydrogen-bond donors (Lipinski definition) is 0. The van der Waals surface area contributed by atoms with E-state index in [1.165, 1.54) is 17.8 Å². The number of hydrogen-bond acceptors (Lipinski definition) is 4. The lowest BCUT2D eigenvalue weighted by molar-refractivity contribution is -0.130. The van der Waals surface area contributed by atoms with Crippen LogP contribution in [0.25, 0.3) is 11.4 Å². The fourth-order valence-electron chi connectivity index (χ4n) is 3.62. The first-order valence-corrected chi connectivity index (χ1v) is 10.2. The summed E-state index contributed by atoms with van der Waals surface area (Å²) in [5.41, 5.74) is 0.392. The van der Waals surface area contributed by atoms with E-state index in [9.17, 15) is 9.18 Å². The number of halogens is 1. The predicted molar refractivity (Wildman–Crippen MR) is 106 cm³/mol. The van der Waals surface area contributed by atoms with Crippen LogP contribution in [0.4, 0.5) is 4.39 Å². The van der Waals surface area contributed by atoms with Gasteiger partial charge in [0.25, 0.3) is 0 Å². The Bertz CT molecular complexity index is 812. The highest BCUT2D eigenvalue weighted by atomic mass is 32.2. The van der Waals surface area contributed by atoms with Gasteiger partial charge in [-0.3, -0.25) is 9.36 Å². The Morgan fingerprint density at radius 1 is 1.30 bits per heavy atom. The van der Waals surface area contributed by atoms with Gasteiger partial charge in [-0.25, -0.2) is 4.39 Å². The number of thioether (sulfide) groups is 1. The number of carbonyl (C=O) groups is 1. The standard InChI is InChI=1S/C20H25FN4OS/c1-4-9-25-19(16-7-5-6-8-17(16)21)22-23-20(25)27-13-18(26)24-11-14(2)10-15(3)12-24/h4-8,14-15H,1,9-13H2,2-3H3. The summed E-state index contributed by atoms with van der Waals surface area (Å²) < 4.78 is 16.0. The quantitative estimate of drug-likeness (QED) is 0.557. The zero-order valence-electron chi connectivity index (χ0n) is 15.8. The third kappa shape index (κ3) is 4.58. The first kappa shape index (κ1) is 19.6. The molecule has 2 atom stereocenters. The van der Waals surface area contributed by atoms with Gasteiger partial charge in [0.1, 0.15) is 5.82 Å². The molecule has 1 fully saturated rings. The van der Waals surface area contributed by atoms with Gasteiger partial charge >= 0.3 is 0 Å². The van der Waals surface area contributed by atoms with E-state index < -0.39 is 0 Å². The highest BCUT2D eigenvalue weighted by Crippen LogP contribution is 2.27. The van der Waals surface area contributed by atoms with Crippen molar-refractivity contribution in [3.63, 3.8) is 0 Å². The molecule has 144 valence electrons. The maximum absolute atomic E-state index is 14.2. The number of nitrogens with zero attached hydrogens (tertiary/aromatic N) is 4. The summed E-state index contributed by atoms with van der Waals surface area (Å²) in [6.45, 7) is 10.2. The number of amides is 1. The normalized spacial score (nSPS) is 19.9. The molecule has 2 unspecified atom stereocenters. The van der Waals surface area contributed by atoms with Crippen LogP contribution >= 0.6 is 11.8 Å². The minimum atomic E-state index is -0.348. The molecule has 1 aromatic heterocycles. The maximum Gasteiger partial charge on any atom is 0.233 e. The van der Waals surface area contributed by atoms with Crippen molar-refractivity contribution >= 4 is 17.7 Å². The molecule has 1 aromatic carbocycles. The molecular formula is C20H25FN4OS. The molecule has 5 nitrogen and oxygen atoms in total. The van der Waals surface area contributed by atoms with Gasteiger partial charge in [-0.2, -0.15) is 0 Å². The fraction of sp³-hybridized carbons (Fsp3) is 0.450. The van der Waals surface area contributed by atoms with E-state index in [1.807, 2.05) is 4.90 Å². The first-order chi connectivity index (χ1) is 13.0. The maximum atomic E-state index is 14.2. The van der Waals surface area contributed by atoms with Crippen molar-refractivity contribution in [3.05, 3.63) is 42.7 Å². The van der Waals surface area contributed by atoms with Gasteiger partial charge in [-0.1, -0.05) is 43.8 Å². The number of aromatic nitrogens is 3. The number of rotatable bonds is 6. The van der Waals surface area contributed by atoms with Gasteiger partial charge in [0.15, 0.2) is 11.0 Å². The number of benzene rings is 1. The van der Waals surface area contributed by atoms with E-state index in [4.69, 9.17) is 0 Å². The van der Waals surface area contributed by atoms with Crippen molar-refractivity contribution in [1.82, 2.24) is 19.7 Å². The van der Waals surface area contributed by atoms with Gasteiger partial charge < -0.3 is 4.90 Å². The molecular weight excluding hydrogens is 363 g/mol. The number of piperidine rings is 1. The molecule has 0 bridgehead atoms. The van der Waals surface area contributed by atoms with Gasteiger partial charge in [0.2, 0.25) is 5.91 Å². The van der Waals surface area contributed by atoms with Crippen LogP contribution in [0.1, 0.15) is 20.3 Å². The van der Waals surface area contributed by atoms with E-state index in [0.717, 1.165) is 19.5 Å². The molecule has 2 aromatic rings. The Balaban J connectivity index is 1.74. The summed E-state index contributed by atoms with van der Waals surface area (Å²) in [5, 5.41) is 8.95. The van der Waals surface area contributed by atoms with Crippen molar-refractivity contribution in [2.24, 2.45) is 11.8 Å². The Hall–Kier alpha value is -2.15. The zero-order chi connectivity index (χ0) is 19.4. The largest absolute Gasteiger partial charge is 0.341 e. The molecule has 2 heterocycles. The molecule has 3 rings (SSSR count). The van der Waals surface area contributed by atoms with E-state index in [-0.39, 0.29) is 11.7 Å². The minimum absolute atomic E-state index is 0.110. The molecule has 0 radical (unpaired) electrons. The zero-order valence-corrected chi connectivity index (χ0v) is 16.6. The Morgan fingerprint density at radius 2 is 2.00 bits per heavy atom. The third-order valence-electron chi connectivity index (χ3n) is 4.69. The van der Waals surface area contributed by atoms with E-state index in [2.05, 4.69) is 30.6 Å². The lowest BCUT2D eigenvalue weighted by Crippen LogP contribution is -2.43. The smallest absolute Gasteiger partial charge is 0.233 e.